The molecule has 96 valence electrons. The molecule has 0 saturated heterocycles. The van der Waals surface area contributed by atoms with Crippen molar-refractivity contribution in [3.05, 3.63) is 22.2 Å². The minimum Gasteiger partial charge on any atom is -0.504 e. The van der Waals surface area contributed by atoms with Crippen LogP contribution >= 0.6 is 15.9 Å². The van der Waals surface area contributed by atoms with E-state index in [2.05, 4.69) is 15.9 Å². The Kier molecular flexibility index (Phi) is 4.41. The number of hydrogen-bond donors (Lipinski definition) is 3. The van der Waals surface area contributed by atoms with Crippen molar-refractivity contribution < 1.29 is 14.9 Å². The van der Waals surface area contributed by atoms with Gasteiger partial charge in [0.25, 0.3) is 0 Å². The number of rotatable bonds is 4. The van der Waals surface area contributed by atoms with Crippen molar-refractivity contribution in [2.24, 2.45) is 11.1 Å². The lowest BCUT2D eigenvalue weighted by molar-refractivity contribution is 0.131. The van der Waals surface area contributed by atoms with Gasteiger partial charge in [-0.3, -0.25) is 0 Å². The number of aromatic hydroxyl groups is 1. The van der Waals surface area contributed by atoms with Crippen LogP contribution < -0.4 is 10.5 Å². The van der Waals surface area contributed by atoms with Crippen LogP contribution in [0.1, 0.15) is 25.5 Å². The third-order valence-electron chi connectivity index (χ3n) is 2.87. The molecule has 1 atom stereocenters. The maximum atomic E-state index is 10.0. The van der Waals surface area contributed by atoms with Gasteiger partial charge in [0, 0.05) is 28.1 Å². The molecule has 0 heterocycles. The van der Waals surface area contributed by atoms with Gasteiger partial charge in [0.15, 0.2) is 11.5 Å². The second-order valence-electron chi connectivity index (χ2n) is 4.67. The van der Waals surface area contributed by atoms with Crippen LogP contribution in [0.2, 0.25) is 0 Å². The SMILES string of the molecule is COc1cc(Br)cc([C@H](N)C(C)(C)CO)c1O. The van der Waals surface area contributed by atoms with Crippen molar-refractivity contribution in [1.82, 2.24) is 0 Å². The van der Waals surface area contributed by atoms with E-state index in [4.69, 9.17) is 10.5 Å². The summed E-state index contributed by atoms with van der Waals surface area (Å²) in [6.07, 6.45) is 0. The number of ether oxygens (including phenoxy) is 1. The molecule has 1 aromatic carbocycles. The molecule has 1 aromatic rings. The van der Waals surface area contributed by atoms with Crippen LogP contribution in [-0.4, -0.2) is 23.9 Å². The summed E-state index contributed by atoms with van der Waals surface area (Å²) >= 11 is 3.34. The zero-order chi connectivity index (χ0) is 13.2. The van der Waals surface area contributed by atoms with Crippen molar-refractivity contribution in [1.29, 1.82) is 0 Å². The first-order valence-electron chi connectivity index (χ1n) is 5.26. The largest absolute Gasteiger partial charge is 0.504 e. The van der Waals surface area contributed by atoms with E-state index < -0.39 is 11.5 Å². The lowest BCUT2D eigenvalue weighted by Crippen LogP contribution is -2.32. The Labute approximate surface area is 110 Å². The van der Waals surface area contributed by atoms with E-state index in [9.17, 15) is 10.2 Å². The highest BCUT2D eigenvalue weighted by Crippen LogP contribution is 2.41. The van der Waals surface area contributed by atoms with Gasteiger partial charge in [0.2, 0.25) is 0 Å². The second kappa shape index (κ2) is 5.25. The Balaban J connectivity index is 3.26. The molecule has 0 bridgehead atoms. The Morgan fingerprint density at radius 3 is 2.53 bits per heavy atom. The number of benzene rings is 1. The van der Waals surface area contributed by atoms with E-state index in [0.717, 1.165) is 4.47 Å². The lowest BCUT2D eigenvalue weighted by Gasteiger charge is -2.30. The highest BCUT2D eigenvalue weighted by Gasteiger charge is 2.30. The fraction of sp³-hybridized carbons (Fsp3) is 0.500. The fourth-order valence-electron chi connectivity index (χ4n) is 1.51. The smallest absolute Gasteiger partial charge is 0.162 e. The zero-order valence-electron chi connectivity index (χ0n) is 10.2. The van der Waals surface area contributed by atoms with Crippen LogP contribution in [-0.2, 0) is 0 Å². The number of methoxy groups -OCH3 is 1. The summed E-state index contributed by atoms with van der Waals surface area (Å²) in [7, 11) is 1.48. The molecule has 0 fully saturated rings. The zero-order valence-corrected chi connectivity index (χ0v) is 11.8. The topological polar surface area (TPSA) is 75.7 Å². The van der Waals surface area contributed by atoms with Crippen molar-refractivity contribution in [2.75, 3.05) is 13.7 Å². The van der Waals surface area contributed by atoms with E-state index in [0.29, 0.717) is 11.3 Å². The highest BCUT2D eigenvalue weighted by atomic mass is 79.9. The Hall–Kier alpha value is -0.780. The number of halogens is 1. The molecule has 0 saturated carbocycles. The molecule has 0 aliphatic carbocycles. The van der Waals surface area contributed by atoms with E-state index in [1.54, 1.807) is 12.1 Å². The molecule has 17 heavy (non-hydrogen) atoms. The molecule has 4 N–H and O–H groups in total. The van der Waals surface area contributed by atoms with Gasteiger partial charge >= 0.3 is 0 Å². The first-order valence-corrected chi connectivity index (χ1v) is 6.05. The van der Waals surface area contributed by atoms with Crippen molar-refractivity contribution >= 4 is 15.9 Å². The summed E-state index contributed by atoms with van der Waals surface area (Å²) in [6, 6.07) is 2.91. The van der Waals surface area contributed by atoms with Crippen LogP contribution in [0.25, 0.3) is 0 Å². The maximum absolute atomic E-state index is 10.0. The van der Waals surface area contributed by atoms with Crippen LogP contribution in [0.3, 0.4) is 0 Å². The number of nitrogens with two attached hydrogens (primary N) is 1. The predicted octanol–water partition coefficient (Wildman–Crippen LogP) is 2.18. The van der Waals surface area contributed by atoms with Crippen LogP contribution in [0.5, 0.6) is 11.5 Å². The minimum atomic E-state index is -0.525. The third-order valence-corrected chi connectivity index (χ3v) is 3.33. The number of phenolic OH excluding ortho intramolecular Hbond substituents is 1. The average Bonchev–Trinajstić information content (AvgIpc) is 2.30. The monoisotopic (exact) mass is 303 g/mol. The van der Waals surface area contributed by atoms with E-state index >= 15 is 0 Å². The summed E-state index contributed by atoms with van der Waals surface area (Å²) in [5.41, 5.74) is 6.11. The lowest BCUT2D eigenvalue weighted by atomic mass is 9.81. The molecule has 5 heteroatoms. The summed E-state index contributed by atoms with van der Waals surface area (Å²) in [5.74, 6) is 0.378. The summed E-state index contributed by atoms with van der Waals surface area (Å²) in [6.45, 7) is 3.61. The molecule has 1 rings (SSSR count). The second-order valence-corrected chi connectivity index (χ2v) is 5.59. The number of aliphatic hydroxyl groups is 1. The van der Waals surface area contributed by atoms with Gasteiger partial charge < -0.3 is 20.7 Å². The number of phenols is 1. The minimum absolute atomic E-state index is 0.0183. The summed E-state index contributed by atoms with van der Waals surface area (Å²) in [4.78, 5) is 0. The number of aliphatic hydroxyl groups excluding tert-OH is 1. The van der Waals surface area contributed by atoms with Gasteiger partial charge in [-0.15, -0.1) is 0 Å². The molecule has 0 unspecified atom stereocenters. The molecule has 0 spiro atoms. The summed E-state index contributed by atoms with van der Waals surface area (Å²) in [5, 5.41) is 19.3. The third kappa shape index (κ3) is 2.91. The van der Waals surface area contributed by atoms with E-state index in [1.165, 1.54) is 7.11 Å². The Morgan fingerprint density at radius 2 is 2.06 bits per heavy atom. The van der Waals surface area contributed by atoms with Crippen molar-refractivity contribution in [3.63, 3.8) is 0 Å². The quantitative estimate of drug-likeness (QED) is 0.797. The van der Waals surface area contributed by atoms with Gasteiger partial charge in [-0.25, -0.2) is 0 Å². The number of hydrogen-bond acceptors (Lipinski definition) is 4. The molecule has 4 nitrogen and oxygen atoms in total. The summed E-state index contributed by atoms with van der Waals surface area (Å²) < 4.78 is 5.83. The molecule has 0 aliphatic rings. The Morgan fingerprint density at radius 1 is 1.47 bits per heavy atom. The highest BCUT2D eigenvalue weighted by molar-refractivity contribution is 9.10. The molecule has 0 aromatic heterocycles. The fourth-order valence-corrected chi connectivity index (χ4v) is 1.96. The molecule has 0 amide bonds. The predicted molar refractivity (Wildman–Crippen MR) is 70.2 cm³/mol. The van der Waals surface area contributed by atoms with Crippen molar-refractivity contribution in [3.8, 4) is 11.5 Å². The van der Waals surface area contributed by atoms with Crippen LogP contribution in [0.15, 0.2) is 16.6 Å². The Bertz CT molecular complexity index is 407. The van der Waals surface area contributed by atoms with Crippen LogP contribution in [0.4, 0.5) is 0 Å². The van der Waals surface area contributed by atoms with Gasteiger partial charge in [0.05, 0.1) is 7.11 Å². The molecule has 0 aliphatic heterocycles. The van der Waals surface area contributed by atoms with Crippen molar-refractivity contribution in [2.45, 2.75) is 19.9 Å². The molecular weight excluding hydrogens is 286 g/mol. The normalized spacial score (nSPS) is 13.5. The van der Waals surface area contributed by atoms with Gasteiger partial charge in [-0.05, 0) is 12.1 Å². The molecular formula is C12H18BrNO3. The first-order chi connectivity index (χ1) is 7.83. The van der Waals surface area contributed by atoms with E-state index in [1.807, 2.05) is 13.8 Å². The first kappa shape index (κ1) is 14.3. The van der Waals surface area contributed by atoms with E-state index in [-0.39, 0.29) is 12.4 Å². The van der Waals surface area contributed by atoms with Gasteiger partial charge in [0.1, 0.15) is 0 Å². The molecule has 0 radical (unpaired) electrons. The van der Waals surface area contributed by atoms with Gasteiger partial charge in [-0.1, -0.05) is 29.8 Å². The average molecular weight is 304 g/mol. The van der Waals surface area contributed by atoms with Gasteiger partial charge in [-0.2, -0.15) is 0 Å². The maximum Gasteiger partial charge on any atom is 0.162 e. The van der Waals surface area contributed by atoms with Crippen LogP contribution in [0, 0.1) is 5.41 Å². The standard InChI is InChI=1S/C12H18BrNO3/c1-12(2,6-15)11(14)8-4-7(13)5-9(17-3)10(8)16/h4-5,11,15-16H,6,14H2,1-3H3/t11-/m0/s1.